The molecule has 3 aromatic rings. The maximum absolute atomic E-state index is 10.5. The number of hydrogen-bond donors (Lipinski definition) is 2. The molecule has 0 bridgehead atoms. The van der Waals surface area contributed by atoms with Crippen molar-refractivity contribution in [2.45, 2.75) is 25.8 Å². The van der Waals surface area contributed by atoms with Gasteiger partial charge in [-0.2, -0.15) is 0 Å². The molecule has 0 fully saturated rings. The highest BCUT2D eigenvalue weighted by atomic mass is 32.1. The van der Waals surface area contributed by atoms with E-state index in [0.29, 0.717) is 18.0 Å². The van der Waals surface area contributed by atoms with Crippen molar-refractivity contribution in [2.75, 3.05) is 6.54 Å². The fourth-order valence-corrected chi connectivity index (χ4v) is 4.39. The van der Waals surface area contributed by atoms with E-state index in [9.17, 15) is 5.11 Å². The topological polar surface area (TPSA) is 60.2 Å². The molecule has 5 heteroatoms. The molecule has 0 saturated carbocycles. The number of rotatable bonds is 5. The van der Waals surface area contributed by atoms with Gasteiger partial charge in [-0.3, -0.25) is 5.41 Å². The lowest BCUT2D eigenvalue weighted by molar-refractivity contribution is 0.296. The fraction of sp³-hybridized carbons (Fsp3) is 0.238. The van der Waals surface area contributed by atoms with Crippen LogP contribution >= 0.6 is 11.3 Å². The molecule has 2 aromatic carbocycles. The number of aliphatic hydroxyl groups is 1. The molecule has 2 N–H and O–H groups in total. The molecule has 1 aromatic heterocycles. The monoisotopic (exact) mass is 363 g/mol. The van der Waals surface area contributed by atoms with E-state index in [1.165, 1.54) is 16.9 Å². The molecule has 2 heterocycles. The number of benzene rings is 2. The van der Waals surface area contributed by atoms with Gasteiger partial charge in [-0.25, -0.2) is 4.98 Å². The Morgan fingerprint density at radius 3 is 2.65 bits per heavy atom. The number of hydrogen-bond acceptors (Lipinski definition) is 4. The van der Waals surface area contributed by atoms with E-state index in [1.807, 2.05) is 35.2 Å². The summed E-state index contributed by atoms with van der Waals surface area (Å²) in [5.41, 5.74) is 2.79. The van der Waals surface area contributed by atoms with Gasteiger partial charge in [-0.1, -0.05) is 42.5 Å². The second-order valence-corrected chi connectivity index (χ2v) is 7.69. The zero-order valence-corrected chi connectivity index (χ0v) is 15.5. The Bertz CT molecular complexity index is 944. The SMILES string of the molecule is C[C@@H](CCc1ccccc1)N1CC(O)=C(c2nc3ccccc3s2)C1=N. The predicted octanol–water partition coefficient (Wildman–Crippen LogP) is 4.88. The fourth-order valence-electron chi connectivity index (χ4n) is 3.36. The molecule has 0 amide bonds. The van der Waals surface area contributed by atoms with Crippen LogP contribution in [0.3, 0.4) is 0 Å². The molecule has 26 heavy (non-hydrogen) atoms. The number of aryl methyl sites for hydroxylation is 1. The highest BCUT2D eigenvalue weighted by molar-refractivity contribution is 7.19. The van der Waals surface area contributed by atoms with Crippen LogP contribution in [0.2, 0.25) is 0 Å². The molecule has 0 radical (unpaired) electrons. The molecule has 0 spiro atoms. The summed E-state index contributed by atoms with van der Waals surface area (Å²) in [7, 11) is 0. The van der Waals surface area contributed by atoms with Gasteiger partial charge < -0.3 is 10.0 Å². The van der Waals surface area contributed by atoms with Crippen LogP contribution in [-0.4, -0.2) is 33.4 Å². The van der Waals surface area contributed by atoms with Gasteiger partial charge >= 0.3 is 0 Å². The Labute approximate surface area is 156 Å². The molecule has 1 atom stereocenters. The number of nitrogens with one attached hydrogen (secondary N) is 1. The Hall–Kier alpha value is -2.66. The highest BCUT2D eigenvalue weighted by Gasteiger charge is 2.32. The van der Waals surface area contributed by atoms with Crippen molar-refractivity contribution >= 4 is 33.0 Å². The van der Waals surface area contributed by atoms with E-state index >= 15 is 0 Å². The van der Waals surface area contributed by atoms with Gasteiger partial charge in [0.05, 0.1) is 22.3 Å². The van der Waals surface area contributed by atoms with Crippen LogP contribution in [0.25, 0.3) is 15.8 Å². The second-order valence-electron chi connectivity index (χ2n) is 6.66. The first-order valence-electron chi connectivity index (χ1n) is 8.81. The predicted molar refractivity (Wildman–Crippen MR) is 108 cm³/mol. The van der Waals surface area contributed by atoms with Crippen LogP contribution in [0.5, 0.6) is 0 Å². The zero-order chi connectivity index (χ0) is 18.1. The number of aliphatic hydroxyl groups excluding tert-OH is 1. The molecule has 1 aliphatic heterocycles. The van der Waals surface area contributed by atoms with E-state index < -0.39 is 0 Å². The third kappa shape index (κ3) is 3.10. The minimum Gasteiger partial charge on any atom is -0.510 e. The van der Waals surface area contributed by atoms with Gasteiger partial charge in [0.1, 0.15) is 16.6 Å². The smallest absolute Gasteiger partial charge is 0.135 e. The number of thiazole rings is 1. The van der Waals surface area contributed by atoms with Gasteiger partial charge in [0.2, 0.25) is 0 Å². The summed E-state index contributed by atoms with van der Waals surface area (Å²) < 4.78 is 1.08. The summed E-state index contributed by atoms with van der Waals surface area (Å²) in [5, 5.41) is 19.8. The van der Waals surface area contributed by atoms with Crippen LogP contribution in [0.4, 0.5) is 0 Å². The maximum atomic E-state index is 10.5. The number of para-hydroxylation sites is 1. The molecule has 132 valence electrons. The van der Waals surface area contributed by atoms with Crippen molar-refractivity contribution in [2.24, 2.45) is 0 Å². The van der Waals surface area contributed by atoms with E-state index in [2.05, 4.69) is 36.2 Å². The second kappa shape index (κ2) is 6.92. The third-order valence-electron chi connectivity index (χ3n) is 4.87. The van der Waals surface area contributed by atoms with Gasteiger partial charge in [-0.05, 0) is 37.5 Å². The van der Waals surface area contributed by atoms with E-state index in [4.69, 9.17) is 5.41 Å². The largest absolute Gasteiger partial charge is 0.510 e. The van der Waals surface area contributed by atoms with Gasteiger partial charge in [0, 0.05) is 6.04 Å². The standard InChI is InChI=1S/C21H21N3OS/c1-14(11-12-15-7-3-2-4-8-15)24-13-17(25)19(20(24)22)21-23-16-9-5-6-10-18(16)26-21/h2-10,14,22,25H,11-13H2,1H3/t14-/m0/s1. The number of aromatic nitrogens is 1. The molecule has 0 aliphatic carbocycles. The molecule has 4 nitrogen and oxygen atoms in total. The summed E-state index contributed by atoms with van der Waals surface area (Å²) in [4.78, 5) is 6.59. The summed E-state index contributed by atoms with van der Waals surface area (Å²) >= 11 is 1.53. The van der Waals surface area contributed by atoms with Gasteiger partial charge in [-0.15, -0.1) is 11.3 Å². The van der Waals surface area contributed by atoms with Crippen molar-refractivity contribution < 1.29 is 5.11 Å². The molecule has 4 rings (SSSR count). The third-order valence-corrected chi connectivity index (χ3v) is 5.92. The lowest BCUT2D eigenvalue weighted by Gasteiger charge is -2.26. The van der Waals surface area contributed by atoms with Crippen LogP contribution in [0.15, 0.2) is 60.4 Å². The first-order chi connectivity index (χ1) is 12.6. The first-order valence-corrected chi connectivity index (χ1v) is 9.62. The normalized spacial score (nSPS) is 15.9. The summed E-state index contributed by atoms with van der Waals surface area (Å²) in [6.45, 7) is 2.51. The van der Waals surface area contributed by atoms with E-state index in [0.717, 1.165) is 28.1 Å². The molecular formula is C21H21N3OS. The molecular weight excluding hydrogens is 342 g/mol. The van der Waals surface area contributed by atoms with E-state index in [-0.39, 0.29) is 11.8 Å². The van der Waals surface area contributed by atoms with Crippen molar-refractivity contribution in [3.05, 3.63) is 70.9 Å². The minimum absolute atomic E-state index is 0.178. The minimum atomic E-state index is 0.178. The molecule has 0 saturated heterocycles. The van der Waals surface area contributed by atoms with Gasteiger partial charge in [0.25, 0.3) is 0 Å². The van der Waals surface area contributed by atoms with Crippen molar-refractivity contribution in [3.8, 4) is 0 Å². The Morgan fingerprint density at radius 2 is 1.88 bits per heavy atom. The van der Waals surface area contributed by atoms with Crippen molar-refractivity contribution in [1.82, 2.24) is 9.88 Å². The zero-order valence-electron chi connectivity index (χ0n) is 14.6. The average molecular weight is 363 g/mol. The van der Waals surface area contributed by atoms with E-state index in [1.54, 1.807) is 0 Å². The van der Waals surface area contributed by atoms with Crippen LogP contribution in [0.1, 0.15) is 23.9 Å². The number of nitrogens with zero attached hydrogens (tertiary/aromatic N) is 2. The number of fused-ring (bicyclic) bond motifs is 1. The van der Waals surface area contributed by atoms with Crippen molar-refractivity contribution in [1.29, 1.82) is 5.41 Å². The lowest BCUT2D eigenvalue weighted by atomic mass is 10.1. The first kappa shape index (κ1) is 16.8. The molecule has 1 aliphatic rings. The quantitative estimate of drug-likeness (QED) is 0.679. The van der Waals surface area contributed by atoms with Crippen LogP contribution in [-0.2, 0) is 6.42 Å². The Morgan fingerprint density at radius 1 is 1.15 bits per heavy atom. The average Bonchev–Trinajstić information content (AvgIpc) is 3.20. The maximum Gasteiger partial charge on any atom is 0.135 e. The van der Waals surface area contributed by atoms with Crippen LogP contribution in [0, 0.1) is 5.41 Å². The Balaban J connectivity index is 1.50. The lowest BCUT2D eigenvalue weighted by Crippen LogP contribution is -2.35. The summed E-state index contributed by atoms with van der Waals surface area (Å²) in [6, 6.07) is 18.5. The highest BCUT2D eigenvalue weighted by Crippen LogP contribution is 2.34. The summed E-state index contributed by atoms with van der Waals surface area (Å²) in [5.74, 6) is 0.628. The number of amidine groups is 1. The van der Waals surface area contributed by atoms with Gasteiger partial charge in [0.15, 0.2) is 0 Å². The summed E-state index contributed by atoms with van der Waals surface area (Å²) in [6.07, 6.45) is 1.90. The Kier molecular flexibility index (Phi) is 4.47. The molecule has 0 unspecified atom stereocenters. The van der Waals surface area contributed by atoms with Crippen molar-refractivity contribution in [3.63, 3.8) is 0 Å². The van der Waals surface area contributed by atoms with Crippen LogP contribution < -0.4 is 0 Å².